The summed E-state index contributed by atoms with van der Waals surface area (Å²) in [6, 6.07) is 0. The molecule has 5 nitrogen and oxygen atoms in total. The van der Waals surface area contributed by atoms with E-state index >= 15 is 0 Å². The van der Waals surface area contributed by atoms with Gasteiger partial charge in [0.2, 0.25) is 0 Å². The van der Waals surface area contributed by atoms with Crippen LogP contribution in [0.15, 0.2) is 0 Å². The number of anilines is 1. The maximum absolute atomic E-state index is 12.0. The van der Waals surface area contributed by atoms with Crippen molar-refractivity contribution in [2.45, 2.75) is 27.7 Å². The van der Waals surface area contributed by atoms with E-state index in [0.717, 1.165) is 0 Å². The second-order valence-corrected chi connectivity index (χ2v) is 4.90. The summed E-state index contributed by atoms with van der Waals surface area (Å²) in [5, 5.41) is 7.02. The van der Waals surface area contributed by atoms with Gasteiger partial charge < -0.3 is 11.1 Å². The molecule has 1 atom stereocenters. The van der Waals surface area contributed by atoms with Crippen LogP contribution in [0, 0.1) is 18.8 Å². The largest absolute Gasteiger partial charge is 0.395 e. The highest BCUT2D eigenvalue weighted by molar-refractivity contribution is 5.97. The summed E-state index contributed by atoms with van der Waals surface area (Å²) in [7, 11) is 1.73. The molecule has 5 heteroatoms. The first-order valence-electron chi connectivity index (χ1n) is 5.91. The molecule has 0 aromatic carbocycles. The van der Waals surface area contributed by atoms with Gasteiger partial charge in [0.05, 0.1) is 11.4 Å². The Morgan fingerprint density at radius 1 is 1.47 bits per heavy atom. The number of aryl methyl sites for hydroxylation is 2. The molecular formula is C12H22N4O. The van der Waals surface area contributed by atoms with Crippen molar-refractivity contribution in [3.8, 4) is 0 Å². The van der Waals surface area contributed by atoms with Crippen LogP contribution >= 0.6 is 0 Å². The molecule has 0 saturated heterocycles. The predicted molar refractivity (Wildman–Crippen MR) is 68.7 cm³/mol. The van der Waals surface area contributed by atoms with Crippen LogP contribution < -0.4 is 11.1 Å². The molecule has 17 heavy (non-hydrogen) atoms. The molecule has 1 unspecified atom stereocenters. The maximum atomic E-state index is 12.0. The summed E-state index contributed by atoms with van der Waals surface area (Å²) in [5.74, 6) is 0.827. The fourth-order valence-electron chi connectivity index (χ4n) is 1.52. The highest BCUT2D eigenvalue weighted by Crippen LogP contribution is 2.15. The van der Waals surface area contributed by atoms with Crippen LogP contribution in [0.5, 0.6) is 0 Å². The van der Waals surface area contributed by atoms with Gasteiger partial charge in [-0.15, -0.1) is 0 Å². The summed E-state index contributed by atoms with van der Waals surface area (Å²) in [6.07, 6.45) is 0. The number of nitrogens with two attached hydrogens (primary N) is 1. The van der Waals surface area contributed by atoms with E-state index in [1.54, 1.807) is 14.0 Å². The molecule has 0 radical (unpaired) electrons. The lowest BCUT2D eigenvalue weighted by Gasteiger charge is -2.16. The van der Waals surface area contributed by atoms with Crippen molar-refractivity contribution in [2.75, 3.05) is 12.3 Å². The van der Waals surface area contributed by atoms with E-state index < -0.39 is 0 Å². The zero-order chi connectivity index (χ0) is 13.2. The van der Waals surface area contributed by atoms with Gasteiger partial charge in [-0.05, 0) is 18.8 Å². The van der Waals surface area contributed by atoms with Crippen LogP contribution in [-0.4, -0.2) is 22.2 Å². The number of hydrogen-bond acceptors (Lipinski definition) is 3. The van der Waals surface area contributed by atoms with Crippen molar-refractivity contribution >= 4 is 11.6 Å². The molecule has 0 aliphatic carbocycles. The van der Waals surface area contributed by atoms with E-state index in [1.165, 1.54) is 4.68 Å². The van der Waals surface area contributed by atoms with Crippen LogP contribution in [0.3, 0.4) is 0 Å². The van der Waals surface area contributed by atoms with Gasteiger partial charge in [-0.2, -0.15) is 5.10 Å². The first kappa shape index (κ1) is 13.5. The van der Waals surface area contributed by atoms with Gasteiger partial charge >= 0.3 is 0 Å². The normalized spacial score (nSPS) is 12.8. The lowest BCUT2D eigenvalue weighted by atomic mass is 9.98. The van der Waals surface area contributed by atoms with Crippen molar-refractivity contribution < 1.29 is 4.79 Å². The van der Waals surface area contributed by atoms with Crippen molar-refractivity contribution in [1.82, 2.24) is 15.1 Å². The Hall–Kier alpha value is -1.52. The maximum Gasteiger partial charge on any atom is 0.271 e. The van der Waals surface area contributed by atoms with Gasteiger partial charge in [0, 0.05) is 13.6 Å². The third-order valence-corrected chi connectivity index (χ3v) is 3.21. The van der Waals surface area contributed by atoms with Gasteiger partial charge in [-0.1, -0.05) is 20.8 Å². The Balaban J connectivity index is 2.71. The van der Waals surface area contributed by atoms with E-state index in [4.69, 9.17) is 5.73 Å². The monoisotopic (exact) mass is 238 g/mol. The molecule has 0 bridgehead atoms. The van der Waals surface area contributed by atoms with Crippen molar-refractivity contribution in [3.63, 3.8) is 0 Å². The molecule has 3 N–H and O–H groups in total. The first-order valence-corrected chi connectivity index (χ1v) is 5.91. The number of nitrogen functional groups attached to an aromatic ring is 1. The number of hydrogen-bond donors (Lipinski definition) is 2. The summed E-state index contributed by atoms with van der Waals surface area (Å²) in [5.41, 5.74) is 7.42. The third-order valence-electron chi connectivity index (χ3n) is 3.21. The molecule has 1 heterocycles. The second-order valence-electron chi connectivity index (χ2n) is 4.90. The van der Waals surface area contributed by atoms with Crippen LogP contribution in [0.4, 0.5) is 5.69 Å². The molecule has 1 rings (SSSR count). The number of rotatable bonds is 4. The summed E-state index contributed by atoms with van der Waals surface area (Å²) in [6.45, 7) is 8.84. The van der Waals surface area contributed by atoms with E-state index in [0.29, 0.717) is 35.5 Å². The topological polar surface area (TPSA) is 72.9 Å². The van der Waals surface area contributed by atoms with Crippen LogP contribution in [-0.2, 0) is 7.05 Å². The minimum Gasteiger partial charge on any atom is -0.395 e. The number of amides is 1. The van der Waals surface area contributed by atoms with Crippen LogP contribution in [0.2, 0.25) is 0 Å². The highest BCUT2D eigenvalue weighted by Gasteiger charge is 2.18. The number of aromatic nitrogens is 2. The van der Waals surface area contributed by atoms with E-state index in [1.807, 2.05) is 0 Å². The van der Waals surface area contributed by atoms with Crippen molar-refractivity contribution in [2.24, 2.45) is 18.9 Å². The Morgan fingerprint density at radius 2 is 2.06 bits per heavy atom. The number of nitrogens with one attached hydrogen (secondary N) is 1. The highest BCUT2D eigenvalue weighted by atomic mass is 16.2. The molecule has 0 saturated carbocycles. The molecule has 0 spiro atoms. The smallest absolute Gasteiger partial charge is 0.271 e. The zero-order valence-electron chi connectivity index (χ0n) is 11.2. The standard InChI is InChI=1S/C12H22N4O/c1-7(2)8(3)6-14-12(17)11-10(13)9(4)15-16(11)5/h7-8H,6,13H2,1-5H3,(H,14,17). The molecule has 1 aromatic rings. The molecule has 96 valence electrons. The van der Waals surface area contributed by atoms with Crippen molar-refractivity contribution in [3.05, 3.63) is 11.4 Å². The van der Waals surface area contributed by atoms with Gasteiger partial charge in [0.15, 0.2) is 0 Å². The number of carbonyl (C=O) groups is 1. The Kier molecular flexibility index (Phi) is 4.15. The minimum atomic E-state index is -0.155. The average Bonchev–Trinajstić information content (AvgIpc) is 2.49. The molecular weight excluding hydrogens is 216 g/mol. The van der Waals surface area contributed by atoms with Gasteiger partial charge in [0.1, 0.15) is 5.69 Å². The lowest BCUT2D eigenvalue weighted by Crippen LogP contribution is -2.31. The quantitative estimate of drug-likeness (QED) is 0.831. The number of nitrogens with zero attached hydrogens (tertiary/aromatic N) is 2. The third kappa shape index (κ3) is 2.99. The van der Waals surface area contributed by atoms with Crippen LogP contribution in [0.25, 0.3) is 0 Å². The predicted octanol–water partition coefficient (Wildman–Crippen LogP) is 1.33. The fourth-order valence-corrected chi connectivity index (χ4v) is 1.52. The van der Waals surface area contributed by atoms with E-state index in [2.05, 4.69) is 31.2 Å². The zero-order valence-corrected chi connectivity index (χ0v) is 11.2. The molecule has 1 aromatic heterocycles. The summed E-state index contributed by atoms with van der Waals surface area (Å²) >= 11 is 0. The summed E-state index contributed by atoms with van der Waals surface area (Å²) in [4.78, 5) is 12.0. The SMILES string of the molecule is Cc1nn(C)c(C(=O)NCC(C)C(C)C)c1N. The Morgan fingerprint density at radius 3 is 2.47 bits per heavy atom. The van der Waals surface area contributed by atoms with E-state index in [-0.39, 0.29) is 5.91 Å². The lowest BCUT2D eigenvalue weighted by molar-refractivity contribution is 0.0936. The van der Waals surface area contributed by atoms with Crippen molar-refractivity contribution in [1.29, 1.82) is 0 Å². The molecule has 1 amide bonds. The van der Waals surface area contributed by atoms with E-state index in [9.17, 15) is 4.79 Å². The van der Waals surface area contributed by atoms with Gasteiger partial charge in [-0.3, -0.25) is 9.48 Å². The number of carbonyl (C=O) groups excluding carboxylic acids is 1. The fraction of sp³-hybridized carbons (Fsp3) is 0.667. The Labute approximate surface area is 102 Å². The van der Waals surface area contributed by atoms with Crippen LogP contribution in [0.1, 0.15) is 37.0 Å². The minimum absolute atomic E-state index is 0.155. The first-order chi connectivity index (χ1) is 7.84. The molecule has 0 aliphatic rings. The average molecular weight is 238 g/mol. The Bertz CT molecular complexity index is 409. The van der Waals surface area contributed by atoms with Gasteiger partial charge in [-0.25, -0.2) is 0 Å². The second kappa shape index (κ2) is 5.21. The summed E-state index contributed by atoms with van der Waals surface area (Å²) < 4.78 is 1.53. The van der Waals surface area contributed by atoms with Gasteiger partial charge in [0.25, 0.3) is 5.91 Å². The molecule has 0 aliphatic heterocycles. The molecule has 0 fully saturated rings.